The number of hydrogen-bond acceptors (Lipinski definition) is 1. The summed E-state index contributed by atoms with van der Waals surface area (Å²) in [6, 6.07) is 59.9. The summed E-state index contributed by atoms with van der Waals surface area (Å²) in [4.78, 5) is 14.7. The van der Waals surface area contributed by atoms with Crippen LogP contribution < -0.4 is 0 Å². The van der Waals surface area contributed by atoms with Gasteiger partial charge in [-0.1, -0.05) is 152 Å². The molecule has 0 unspecified atom stereocenters. The van der Waals surface area contributed by atoms with Gasteiger partial charge in [0, 0.05) is 11.1 Å². The maximum Gasteiger partial charge on any atom is 0.193 e. The quantitative estimate of drug-likeness (QED) is 0.206. The van der Waals surface area contributed by atoms with Gasteiger partial charge in [-0.05, 0) is 85.0 Å². The third-order valence-electron chi connectivity index (χ3n) is 9.70. The fourth-order valence-electron chi connectivity index (χ4n) is 7.72. The highest BCUT2D eigenvalue weighted by Gasteiger charge is 2.51. The minimum Gasteiger partial charge on any atom is -0.289 e. The normalized spacial score (nSPS) is 13.6. The third-order valence-corrected chi connectivity index (χ3v) is 9.70. The number of carbonyl (C=O) groups is 1. The van der Waals surface area contributed by atoms with Gasteiger partial charge in [0.2, 0.25) is 0 Å². The molecule has 1 nitrogen and oxygen atoms in total. The largest absolute Gasteiger partial charge is 0.289 e. The van der Waals surface area contributed by atoms with Gasteiger partial charge in [-0.25, -0.2) is 0 Å². The van der Waals surface area contributed by atoms with Crippen molar-refractivity contribution in [3.63, 3.8) is 0 Å². The fourth-order valence-corrected chi connectivity index (χ4v) is 7.72. The zero-order valence-corrected chi connectivity index (χ0v) is 24.6. The van der Waals surface area contributed by atoms with Crippen molar-refractivity contribution >= 4 is 5.78 Å². The first-order chi connectivity index (χ1) is 22.2. The van der Waals surface area contributed by atoms with E-state index < -0.39 is 5.41 Å². The van der Waals surface area contributed by atoms with Crippen molar-refractivity contribution in [3.8, 4) is 44.5 Å². The molecule has 0 bridgehead atoms. The molecule has 210 valence electrons. The molecule has 1 heteroatoms. The number of fused-ring (bicyclic) bond motifs is 9. The molecule has 0 radical (unpaired) electrons. The van der Waals surface area contributed by atoms with Crippen LogP contribution in [0.15, 0.2) is 170 Å². The molecule has 2 aliphatic rings. The third kappa shape index (κ3) is 3.71. The Kier molecular flexibility index (Phi) is 5.63. The molecule has 0 fully saturated rings. The van der Waals surface area contributed by atoms with E-state index in [2.05, 4.69) is 146 Å². The molecule has 0 saturated heterocycles. The minimum absolute atomic E-state index is 0.0753. The number of rotatable bonds is 3. The van der Waals surface area contributed by atoms with Gasteiger partial charge >= 0.3 is 0 Å². The molecule has 0 heterocycles. The zero-order chi connectivity index (χ0) is 30.0. The lowest BCUT2D eigenvalue weighted by atomic mass is 9.61. The van der Waals surface area contributed by atoms with E-state index in [9.17, 15) is 4.79 Å². The molecule has 7 aromatic carbocycles. The molecular weight excluding hydrogens is 544 g/mol. The average molecular weight is 573 g/mol. The SMILES string of the molecule is O=C1c2cc(-c3ccccc3)ccc2C2(c3ccc(-c4cccc(-c5ccccc5)c4)cc31)c1ccccc1-c1ccccc12. The lowest BCUT2D eigenvalue weighted by molar-refractivity contribution is 0.103. The summed E-state index contributed by atoms with van der Waals surface area (Å²) in [5.41, 5.74) is 14.6. The molecular formula is C44H28O. The van der Waals surface area contributed by atoms with Crippen LogP contribution in [-0.2, 0) is 5.41 Å². The van der Waals surface area contributed by atoms with Crippen LogP contribution in [0, 0.1) is 0 Å². The zero-order valence-electron chi connectivity index (χ0n) is 24.6. The Morgan fingerprint density at radius 2 is 0.667 bits per heavy atom. The molecule has 0 aliphatic heterocycles. The Morgan fingerprint density at radius 1 is 0.289 bits per heavy atom. The van der Waals surface area contributed by atoms with Gasteiger partial charge < -0.3 is 0 Å². The summed E-state index contributed by atoms with van der Waals surface area (Å²) in [5.74, 6) is 0.0753. The van der Waals surface area contributed by atoms with Crippen LogP contribution in [0.1, 0.15) is 38.2 Å². The molecule has 7 aromatic rings. The van der Waals surface area contributed by atoms with E-state index in [-0.39, 0.29) is 5.78 Å². The Balaban J connectivity index is 1.32. The molecule has 1 spiro atoms. The Hall–Kier alpha value is -5.79. The van der Waals surface area contributed by atoms with Crippen LogP contribution in [0.4, 0.5) is 0 Å². The van der Waals surface area contributed by atoms with Gasteiger partial charge in [-0.3, -0.25) is 4.79 Å². The highest BCUT2D eigenvalue weighted by Crippen LogP contribution is 2.59. The van der Waals surface area contributed by atoms with Crippen molar-refractivity contribution in [2.45, 2.75) is 5.41 Å². The Bertz CT molecular complexity index is 2230. The van der Waals surface area contributed by atoms with Crippen LogP contribution >= 0.6 is 0 Å². The number of benzene rings is 7. The van der Waals surface area contributed by atoms with Gasteiger partial charge in [0.25, 0.3) is 0 Å². The number of ketones is 1. The summed E-state index contributed by atoms with van der Waals surface area (Å²) < 4.78 is 0. The number of carbonyl (C=O) groups excluding carboxylic acids is 1. The molecule has 0 aromatic heterocycles. The molecule has 0 amide bonds. The standard InChI is InChI=1S/C44H28O/c45-43-37-27-33(30-14-5-2-6-15-30)22-24-41(37)44(39-20-9-7-18-35(39)36-19-8-10-21-40(36)44)42-25-23-34(28-38(42)43)32-17-11-16-31(26-32)29-12-3-1-4-13-29/h1-28H. The molecule has 45 heavy (non-hydrogen) atoms. The van der Waals surface area contributed by atoms with Crippen LogP contribution in [0.5, 0.6) is 0 Å². The maximum atomic E-state index is 14.7. The maximum absolute atomic E-state index is 14.7. The Labute approximate surface area is 263 Å². The second kappa shape index (κ2) is 9.87. The summed E-state index contributed by atoms with van der Waals surface area (Å²) in [5, 5.41) is 0. The van der Waals surface area contributed by atoms with Crippen molar-refractivity contribution in [3.05, 3.63) is 203 Å². The topological polar surface area (TPSA) is 17.1 Å². The lowest BCUT2D eigenvalue weighted by Gasteiger charge is -2.39. The van der Waals surface area contributed by atoms with Gasteiger partial charge in [0.05, 0.1) is 5.41 Å². The smallest absolute Gasteiger partial charge is 0.193 e. The van der Waals surface area contributed by atoms with Crippen LogP contribution in [0.25, 0.3) is 44.5 Å². The first kappa shape index (κ1) is 25.7. The number of hydrogen-bond donors (Lipinski definition) is 0. The van der Waals surface area contributed by atoms with E-state index in [1.807, 2.05) is 24.3 Å². The predicted octanol–water partition coefficient (Wildman–Crippen LogP) is 10.6. The van der Waals surface area contributed by atoms with Crippen LogP contribution in [-0.4, -0.2) is 5.78 Å². The Morgan fingerprint density at radius 3 is 1.20 bits per heavy atom. The fraction of sp³-hybridized carbons (Fsp3) is 0.0227. The van der Waals surface area contributed by atoms with Crippen LogP contribution in [0.2, 0.25) is 0 Å². The second-order valence-corrected chi connectivity index (χ2v) is 12.0. The first-order valence-corrected chi connectivity index (χ1v) is 15.5. The van der Waals surface area contributed by atoms with Crippen molar-refractivity contribution < 1.29 is 4.79 Å². The monoisotopic (exact) mass is 572 g/mol. The van der Waals surface area contributed by atoms with E-state index in [1.54, 1.807) is 0 Å². The summed E-state index contributed by atoms with van der Waals surface area (Å²) in [6.07, 6.45) is 0. The average Bonchev–Trinajstić information content (AvgIpc) is 3.42. The van der Waals surface area contributed by atoms with Crippen molar-refractivity contribution in [1.29, 1.82) is 0 Å². The highest BCUT2D eigenvalue weighted by molar-refractivity contribution is 6.16. The predicted molar refractivity (Wildman–Crippen MR) is 183 cm³/mol. The molecule has 0 saturated carbocycles. The molecule has 0 atom stereocenters. The van der Waals surface area contributed by atoms with Crippen molar-refractivity contribution in [2.24, 2.45) is 0 Å². The van der Waals surface area contributed by atoms with E-state index in [0.29, 0.717) is 0 Å². The molecule has 2 aliphatic carbocycles. The molecule has 9 rings (SSSR count). The summed E-state index contributed by atoms with van der Waals surface area (Å²) >= 11 is 0. The highest BCUT2D eigenvalue weighted by atomic mass is 16.1. The van der Waals surface area contributed by atoms with Crippen LogP contribution in [0.3, 0.4) is 0 Å². The second-order valence-electron chi connectivity index (χ2n) is 12.0. The van der Waals surface area contributed by atoms with E-state index >= 15 is 0 Å². The van der Waals surface area contributed by atoms with E-state index in [0.717, 1.165) is 50.1 Å². The minimum atomic E-state index is -0.592. The van der Waals surface area contributed by atoms with Crippen molar-refractivity contribution in [2.75, 3.05) is 0 Å². The van der Waals surface area contributed by atoms with Gasteiger partial charge in [0.1, 0.15) is 0 Å². The van der Waals surface area contributed by atoms with E-state index in [1.165, 1.54) is 27.8 Å². The van der Waals surface area contributed by atoms with Gasteiger partial charge in [-0.2, -0.15) is 0 Å². The summed E-state index contributed by atoms with van der Waals surface area (Å²) in [6.45, 7) is 0. The van der Waals surface area contributed by atoms with Gasteiger partial charge in [-0.15, -0.1) is 0 Å². The molecule has 0 N–H and O–H groups in total. The van der Waals surface area contributed by atoms with Crippen molar-refractivity contribution in [1.82, 2.24) is 0 Å². The summed E-state index contributed by atoms with van der Waals surface area (Å²) in [7, 11) is 0. The van der Waals surface area contributed by atoms with Gasteiger partial charge in [0.15, 0.2) is 5.78 Å². The lowest BCUT2D eigenvalue weighted by Crippen LogP contribution is -2.36. The first-order valence-electron chi connectivity index (χ1n) is 15.5. The van der Waals surface area contributed by atoms with E-state index in [4.69, 9.17) is 0 Å².